The van der Waals surface area contributed by atoms with Gasteiger partial charge in [-0.15, -0.1) is 0 Å². The predicted molar refractivity (Wildman–Crippen MR) is 98.9 cm³/mol. The normalized spacial score (nSPS) is 13.2. The number of carbonyl (C=O) groups is 1. The second kappa shape index (κ2) is 9.14. The number of carboxylic acid groups (broad SMARTS) is 1. The molecule has 1 amide bonds. The minimum Gasteiger partial charge on any atom is -0.465 e. The maximum Gasteiger partial charge on any atom is 0.404 e. The maximum absolute atomic E-state index is 10.3. The summed E-state index contributed by atoms with van der Waals surface area (Å²) in [5, 5.41) is 10.9. The molecule has 0 aromatic heterocycles. The number of rotatable bonds is 9. The van der Waals surface area contributed by atoms with Crippen molar-refractivity contribution in [1.29, 1.82) is 0 Å². The smallest absolute Gasteiger partial charge is 0.404 e. The first kappa shape index (κ1) is 21.8. The Morgan fingerprint density at radius 1 is 0.864 bits per heavy atom. The molecule has 0 saturated heterocycles. The van der Waals surface area contributed by atoms with Crippen LogP contribution in [0.2, 0.25) is 0 Å². The summed E-state index contributed by atoms with van der Waals surface area (Å²) in [7, 11) is 0. The number of nitrogens with one attached hydrogen (secondary N) is 1. The second-order valence-electron chi connectivity index (χ2n) is 8.40. The largest absolute Gasteiger partial charge is 0.465 e. The van der Waals surface area contributed by atoms with Crippen molar-refractivity contribution < 1.29 is 9.90 Å². The number of halogens is 1. The molecule has 3 nitrogen and oxygen atoms in total. The molecule has 132 valence electrons. The van der Waals surface area contributed by atoms with E-state index in [-0.39, 0.29) is 15.2 Å². The Balaban J connectivity index is 3.96. The van der Waals surface area contributed by atoms with Gasteiger partial charge in [0, 0.05) is 10.9 Å². The summed E-state index contributed by atoms with van der Waals surface area (Å²) in [4.78, 5) is 10.3. The summed E-state index contributed by atoms with van der Waals surface area (Å²) in [6, 6.07) is 0. The van der Waals surface area contributed by atoms with E-state index in [0.29, 0.717) is 6.54 Å². The molecule has 0 spiro atoms. The van der Waals surface area contributed by atoms with E-state index in [9.17, 15) is 4.79 Å². The van der Waals surface area contributed by atoms with Gasteiger partial charge in [-0.3, -0.25) is 0 Å². The van der Waals surface area contributed by atoms with E-state index in [2.05, 4.69) is 62.8 Å². The molecule has 0 aliphatic heterocycles. The fourth-order valence-corrected chi connectivity index (χ4v) is 3.55. The molecule has 0 aromatic rings. The van der Waals surface area contributed by atoms with Crippen LogP contribution in [0.5, 0.6) is 0 Å². The van der Waals surface area contributed by atoms with E-state index in [1.165, 1.54) is 32.1 Å². The van der Waals surface area contributed by atoms with Crippen molar-refractivity contribution in [3.05, 3.63) is 0 Å². The molecular weight excluding hydrogens is 342 g/mol. The first-order chi connectivity index (χ1) is 9.92. The summed E-state index contributed by atoms with van der Waals surface area (Å²) in [5.74, 6) is 0. The highest BCUT2D eigenvalue weighted by atomic mass is 79.9. The average molecular weight is 378 g/mol. The van der Waals surface area contributed by atoms with Gasteiger partial charge in [-0.2, -0.15) is 0 Å². The van der Waals surface area contributed by atoms with Gasteiger partial charge in [0.2, 0.25) is 0 Å². The van der Waals surface area contributed by atoms with Crippen molar-refractivity contribution in [1.82, 2.24) is 5.32 Å². The topological polar surface area (TPSA) is 49.3 Å². The van der Waals surface area contributed by atoms with Gasteiger partial charge >= 0.3 is 6.09 Å². The first-order valence-electron chi connectivity index (χ1n) is 8.57. The van der Waals surface area contributed by atoms with Crippen molar-refractivity contribution in [2.45, 2.75) is 90.8 Å². The van der Waals surface area contributed by atoms with Crippen LogP contribution in [0.1, 0.15) is 86.5 Å². The summed E-state index contributed by atoms with van der Waals surface area (Å²) >= 11 is 4.08. The Kier molecular flexibility index (Phi) is 9.04. The van der Waals surface area contributed by atoms with E-state index >= 15 is 0 Å². The number of hydrogen-bond acceptors (Lipinski definition) is 1. The Morgan fingerprint density at radius 3 is 1.68 bits per heavy atom. The van der Waals surface area contributed by atoms with Gasteiger partial charge in [-0.05, 0) is 23.7 Å². The zero-order valence-electron chi connectivity index (χ0n) is 15.4. The van der Waals surface area contributed by atoms with Gasteiger partial charge in [-0.1, -0.05) is 89.6 Å². The van der Waals surface area contributed by atoms with E-state index < -0.39 is 6.09 Å². The fraction of sp³-hybridized carbons (Fsp3) is 0.944. The first-order valence-corrected chi connectivity index (χ1v) is 9.37. The Bertz CT molecular complexity index is 315. The van der Waals surface area contributed by atoms with Crippen LogP contribution >= 0.6 is 15.9 Å². The third kappa shape index (κ3) is 7.34. The molecule has 0 unspecified atom stereocenters. The molecule has 0 bridgehead atoms. The molecule has 0 aromatic carbocycles. The number of unbranched alkanes of at least 4 members (excludes halogenated alkanes) is 5. The number of alkyl halides is 1. The van der Waals surface area contributed by atoms with Gasteiger partial charge in [0.05, 0.1) is 0 Å². The second-order valence-corrected chi connectivity index (χ2v) is 9.76. The SMILES string of the molecule is CC(C)(C)C(Br)(CCCCCCCCNC(=O)O)C(C)(C)C. The molecule has 0 saturated carbocycles. The lowest BCUT2D eigenvalue weighted by Crippen LogP contribution is -2.47. The third-order valence-corrected chi connectivity index (χ3v) is 7.38. The standard InChI is InChI=1S/C18H36BrNO2/c1-16(2,3)18(19,17(4,5)6)13-11-9-7-8-10-12-14-20-15(21)22/h20H,7-14H2,1-6H3,(H,21,22). The molecule has 0 aliphatic carbocycles. The third-order valence-electron chi connectivity index (χ3n) is 4.60. The molecule has 2 N–H and O–H groups in total. The lowest BCUT2D eigenvalue weighted by Gasteiger charge is -2.50. The molecule has 0 heterocycles. The molecular formula is C18H36BrNO2. The van der Waals surface area contributed by atoms with Crippen molar-refractivity contribution in [2.24, 2.45) is 10.8 Å². The van der Waals surface area contributed by atoms with Gasteiger partial charge in [-0.25, -0.2) is 4.79 Å². The van der Waals surface area contributed by atoms with E-state index in [0.717, 1.165) is 12.8 Å². The number of amides is 1. The Morgan fingerprint density at radius 2 is 1.27 bits per heavy atom. The zero-order chi connectivity index (χ0) is 17.4. The van der Waals surface area contributed by atoms with Crippen molar-refractivity contribution in [3.63, 3.8) is 0 Å². The van der Waals surface area contributed by atoms with Crippen molar-refractivity contribution >= 4 is 22.0 Å². The minimum absolute atomic E-state index is 0.151. The van der Waals surface area contributed by atoms with Crippen LogP contribution in [0, 0.1) is 10.8 Å². The average Bonchev–Trinajstić information content (AvgIpc) is 2.33. The lowest BCUT2D eigenvalue weighted by molar-refractivity contribution is 0.135. The monoisotopic (exact) mass is 377 g/mol. The molecule has 0 rings (SSSR count). The van der Waals surface area contributed by atoms with E-state index in [1.54, 1.807) is 0 Å². The molecule has 0 radical (unpaired) electrons. The summed E-state index contributed by atoms with van der Waals surface area (Å²) in [6.45, 7) is 14.5. The molecule has 0 aliphatic rings. The van der Waals surface area contributed by atoms with Crippen LogP contribution in [0.4, 0.5) is 4.79 Å². The number of hydrogen-bond donors (Lipinski definition) is 2. The summed E-state index contributed by atoms with van der Waals surface area (Å²) < 4.78 is 0.151. The maximum atomic E-state index is 10.3. The van der Waals surface area contributed by atoms with Gasteiger partial charge in [0.25, 0.3) is 0 Å². The summed E-state index contributed by atoms with van der Waals surface area (Å²) in [6.07, 6.45) is 7.26. The van der Waals surface area contributed by atoms with E-state index in [4.69, 9.17) is 5.11 Å². The van der Waals surface area contributed by atoms with Gasteiger partial charge in [0.1, 0.15) is 0 Å². The van der Waals surface area contributed by atoms with Crippen LogP contribution in [0.15, 0.2) is 0 Å². The van der Waals surface area contributed by atoms with Gasteiger partial charge in [0.15, 0.2) is 0 Å². The molecule has 22 heavy (non-hydrogen) atoms. The van der Waals surface area contributed by atoms with Crippen molar-refractivity contribution in [2.75, 3.05) is 6.54 Å². The van der Waals surface area contributed by atoms with Crippen LogP contribution in [0.3, 0.4) is 0 Å². The van der Waals surface area contributed by atoms with Crippen LogP contribution in [-0.4, -0.2) is 22.1 Å². The van der Waals surface area contributed by atoms with Crippen molar-refractivity contribution in [3.8, 4) is 0 Å². The van der Waals surface area contributed by atoms with Crippen LogP contribution in [0.25, 0.3) is 0 Å². The van der Waals surface area contributed by atoms with Gasteiger partial charge < -0.3 is 10.4 Å². The molecule has 4 heteroatoms. The quantitative estimate of drug-likeness (QED) is 0.370. The van der Waals surface area contributed by atoms with Crippen LogP contribution in [-0.2, 0) is 0 Å². The Labute approximate surface area is 145 Å². The van der Waals surface area contributed by atoms with E-state index in [1.807, 2.05) is 0 Å². The highest BCUT2D eigenvalue weighted by molar-refractivity contribution is 9.10. The predicted octanol–water partition coefficient (Wildman–Crippen LogP) is 6.21. The fourth-order valence-electron chi connectivity index (χ4n) is 3.27. The highest BCUT2D eigenvalue weighted by Gasteiger charge is 2.47. The van der Waals surface area contributed by atoms with Crippen LogP contribution < -0.4 is 5.32 Å². The molecule has 0 fully saturated rings. The zero-order valence-corrected chi connectivity index (χ0v) is 17.0. The molecule has 0 atom stereocenters. The lowest BCUT2D eigenvalue weighted by atomic mass is 9.64. The Hall–Kier alpha value is -0.250. The highest BCUT2D eigenvalue weighted by Crippen LogP contribution is 2.53. The summed E-state index contributed by atoms with van der Waals surface area (Å²) in [5.41, 5.74) is 0.460. The minimum atomic E-state index is -0.918.